The van der Waals surface area contributed by atoms with Crippen molar-refractivity contribution >= 4 is 5.91 Å². The second kappa shape index (κ2) is 5.77. The van der Waals surface area contributed by atoms with E-state index in [-0.39, 0.29) is 11.9 Å². The van der Waals surface area contributed by atoms with Crippen molar-refractivity contribution in [1.82, 2.24) is 5.32 Å². The highest BCUT2D eigenvalue weighted by Crippen LogP contribution is 1.88. The molecule has 0 aromatic carbocycles. The van der Waals surface area contributed by atoms with Gasteiger partial charge in [-0.05, 0) is 20.3 Å². The number of carbonyl (C=O) groups excluding carboxylic acids is 1. The maximum absolute atomic E-state index is 11.1. The van der Waals surface area contributed by atoms with E-state index in [9.17, 15) is 4.79 Å². The Bertz CT molecular complexity index is 171. The van der Waals surface area contributed by atoms with Crippen molar-refractivity contribution in [3.8, 4) is 0 Å². The maximum Gasteiger partial charge on any atom is 0.237 e. The number of allylic oxidation sites excluding steroid dienone is 1. The molecule has 0 aliphatic rings. The van der Waals surface area contributed by atoms with Crippen LogP contribution in [-0.4, -0.2) is 18.5 Å². The second-order valence-electron chi connectivity index (χ2n) is 3.04. The van der Waals surface area contributed by atoms with Gasteiger partial charge in [0.2, 0.25) is 5.91 Å². The Labute approximate surface area is 74.0 Å². The van der Waals surface area contributed by atoms with E-state index in [0.29, 0.717) is 13.0 Å². The zero-order chi connectivity index (χ0) is 9.56. The zero-order valence-electron chi connectivity index (χ0n) is 8.05. The summed E-state index contributed by atoms with van der Waals surface area (Å²) in [4.78, 5) is 11.1. The molecule has 3 N–H and O–H groups in total. The molecule has 0 fully saturated rings. The summed E-state index contributed by atoms with van der Waals surface area (Å²) in [6.07, 6.45) is 2.64. The molecule has 0 aromatic rings. The number of hydrogen-bond acceptors (Lipinski definition) is 2. The minimum Gasteiger partial charge on any atom is -0.351 e. The fraction of sp³-hybridized carbons (Fsp3) is 0.667. The molecule has 0 unspecified atom stereocenters. The van der Waals surface area contributed by atoms with Crippen LogP contribution in [0.4, 0.5) is 0 Å². The lowest BCUT2D eigenvalue weighted by molar-refractivity contribution is -0.122. The molecule has 0 saturated heterocycles. The first-order valence-electron chi connectivity index (χ1n) is 4.24. The summed E-state index contributed by atoms with van der Waals surface area (Å²) in [6, 6.07) is -0.365. The van der Waals surface area contributed by atoms with Gasteiger partial charge in [0.05, 0.1) is 6.04 Å². The van der Waals surface area contributed by atoms with Gasteiger partial charge in [0.25, 0.3) is 0 Å². The number of nitrogens with one attached hydrogen (secondary N) is 1. The van der Waals surface area contributed by atoms with Gasteiger partial charge in [-0.25, -0.2) is 0 Å². The Hall–Kier alpha value is -0.830. The molecule has 0 aliphatic heterocycles. The molecule has 0 spiro atoms. The molecule has 3 nitrogen and oxygen atoms in total. The van der Waals surface area contributed by atoms with Crippen LogP contribution >= 0.6 is 0 Å². The molecule has 3 heteroatoms. The van der Waals surface area contributed by atoms with Crippen molar-refractivity contribution in [2.45, 2.75) is 33.2 Å². The topological polar surface area (TPSA) is 55.1 Å². The largest absolute Gasteiger partial charge is 0.351 e. The summed E-state index contributed by atoms with van der Waals surface area (Å²) >= 11 is 0. The molecule has 70 valence electrons. The normalized spacial score (nSPS) is 12.0. The number of hydrogen-bond donors (Lipinski definition) is 2. The predicted molar refractivity (Wildman–Crippen MR) is 50.7 cm³/mol. The van der Waals surface area contributed by atoms with Crippen LogP contribution in [0.25, 0.3) is 0 Å². The van der Waals surface area contributed by atoms with Crippen LogP contribution in [0.15, 0.2) is 11.6 Å². The molecule has 0 aliphatic carbocycles. The minimum absolute atomic E-state index is 0.0741. The van der Waals surface area contributed by atoms with Gasteiger partial charge in [-0.1, -0.05) is 18.6 Å². The zero-order valence-corrected chi connectivity index (χ0v) is 8.05. The van der Waals surface area contributed by atoms with E-state index in [1.54, 1.807) is 0 Å². The SMILES string of the molecule is CC[C@@H](N)C(=O)NCC=C(C)C. The summed E-state index contributed by atoms with van der Waals surface area (Å²) in [6.45, 7) is 6.46. The standard InChI is InChI=1S/C9H18N2O/c1-4-8(10)9(12)11-6-5-7(2)3/h5,8H,4,6,10H2,1-3H3,(H,11,12)/t8-/m1/s1. The van der Waals surface area contributed by atoms with Crippen LogP contribution in [0.3, 0.4) is 0 Å². The van der Waals surface area contributed by atoms with E-state index in [2.05, 4.69) is 5.32 Å². The van der Waals surface area contributed by atoms with Gasteiger partial charge in [0.1, 0.15) is 0 Å². The van der Waals surface area contributed by atoms with Crippen molar-refractivity contribution in [2.75, 3.05) is 6.54 Å². The lowest BCUT2D eigenvalue weighted by atomic mass is 10.2. The van der Waals surface area contributed by atoms with Crippen LogP contribution in [0.1, 0.15) is 27.2 Å². The summed E-state index contributed by atoms with van der Waals surface area (Å²) in [5.74, 6) is -0.0741. The molecule has 0 rings (SSSR count). The van der Waals surface area contributed by atoms with Gasteiger partial charge >= 0.3 is 0 Å². The van der Waals surface area contributed by atoms with Crippen LogP contribution < -0.4 is 11.1 Å². The average Bonchev–Trinajstić information content (AvgIpc) is 2.02. The Morgan fingerprint density at radius 3 is 2.58 bits per heavy atom. The predicted octanol–water partition coefficient (Wildman–Crippen LogP) is 0.806. The fourth-order valence-corrected chi connectivity index (χ4v) is 0.672. The van der Waals surface area contributed by atoms with Crippen molar-refractivity contribution < 1.29 is 4.79 Å². The highest BCUT2D eigenvalue weighted by Gasteiger charge is 2.08. The summed E-state index contributed by atoms with van der Waals surface area (Å²) in [5.41, 5.74) is 6.70. The molecule has 0 radical (unpaired) electrons. The van der Waals surface area contributed by atoms with E-state index >= 15 is 0 Å². The highest BCUT2D eigenvalue weighted by atomic mass is 16.2. The molecule has 1 atom stereocenters. The third-order valence-electron chi connectivity index (χ3n) is 1.56. The Morgan fingerprint density at radius 2 is 2.17 bits per heavy atom. The van der Waals surface area contributed by atoms with Crippen molar-refractivity contribution in [3.63, 3.8) is 0 Å². The smallest absolute Gasteiger partial charge is 0.237 e. The van der Waals surface area contributed by atoms with Crippen LogP contribution in [-0.2, 0) is 4.79 Å². The second-order valence-corrected chi connectivity index (χ2v) is 3.04. The van der Waals surface area contributed by atoms with E-state index in [1.807, 2.05) is 26.8 Å². The summed E-state index contributed by atoms with van der Waals surface area (Å²) in [7, 11) is 0. The van der Waals surface area contributed by atoms with Crippen LogP contribution in [0, 0.1) is 0 Å². The van der Waals surface area contributed by atoms with Gasteiger partial charge in [-0.15, -0.1) is 0 Å². The number of carbonyl (C=O) groups is 1. The number of amides is 1. The Kier molecular flexibility index (Phi) is 5.37. The van der Waals surface area contributed by atoms with Gasteiger partial charge in [0, 0.05) is 6.54 Å². The molecule has 0 saturated carbocycles. The van der Waals surface area contributed by atoms with Crippen LogP contribution in [0.5, 0.6) is 0 Å². The quantitative estimate of drug-likeness (QED) is 0.613. The van der Waals surface area contributed by atoms with E-state index in [1.165, 1.54) is 5.57 Å². The molecule has 0 bridgehead atoms. The molecule has 12 heavy (non-hydrogen) atoms. The van der Waals surface area contributed by atoms with Gasteiger partial charge in [0.15, 0.2) is 0 Å². The Balaban J connectivity index is 3.65. The first-order chi connectivity index (χ1) is 5.57. The lowest BCUT2D eigenvalue weighted by Gasteiger charge is -2.07. The average molecular weight is 170 g/mol. The molecule has 1 amide bonds. The summed E-state index contributed by atoms with van der Waals surface area (Å²) in [5, 5.41) is 2.72. The number of rotatable bonds is 4. The van der Waals surface area contributed by atoms with Crippen molar-refractivity contribution in [1.29, 1.82) is 0 Å². The third kappa shape index (κ3) is 4.91. The monoisotopic (exact) mass is 170 g/mol. The first-order valence-corrected chi connectivity index (χ1v) is 4.24. The van der Waals surface area contributed by atoms with E-state index in [0.717, 1.165) is 0 Å². The fourth-order valence-electron chi connectivity index (χ4n) is 0.672. The molecular weight excluding hydrogens is 152 g/mol. The van der Waals surface area contributed by atoms with Gasteiger partial charge < -0.3 is 11.1 Å². The molecule has 0 aromatic heterocycles. The van der Waals surface area contributed by atoms with Gasteiger partial charge in [-0.2, -0.15) is 0 Å². The summed E-state index contributed by atoms with van der Waals surface area (Å²) < 4.78 is 0. The third-order valence-corrected chi connectivity index (χ3v) is 1.56. The van der Waals surface area contributed by atoms with Crippen LogP contribution in [0.2, 0.25) is 0 Å². The minimum atomic E-state index is -0.365. The van der Waals surface area contributed by atoms with E-state index in [4.69, 9.17) is 5.73 Å². The van der Waals surface area contributed by atoms with Crippen molar-refractivity contribution in [2.24, 2.45) is 5.73 Å². The number of nitrogens with two attached hydrogens (primary N) is 1. The highest BCUT2D eigenvalue weighted by molar-refractivity contribution is 5.81. The van der Waals surface area contributed by atoms with Crippen molar-refractivity contribution in [3.05, 3.63) is 11.6 Å². The maximum atomic E-state index is 11.1. The lowest BCUT2D eigenvalue weighted by Crippen LogP contribution is -2.40. The van der Waals surface area contributed by atoms with Gasteiger partial charge in [-0.3, -0.25) is 4.79 Å². The van der Waals surface area contributed by atoms with E-state index < -0.39 is 0 Å². The molecular formula is C9H18N2O. The Morgan fingerprint density at radius 1 is 1.58 bits per heavy atom. The first kappa shape index (κ1) is 11.2. The molecule has 0 heterocycles.